The molecule has 1 heterocycles. The standard InChI is InChI=1S/C29H24N2O3/c1-3-30(21-14-5-4-6-15-21)27-26(23-17-9-10-19-25(23)34-2)28(32)31(29(27)33)24-18-11-13-20-12-7-8-16-22(20)24/h4-19H,3H2,1-2H3. The molecule has 1 aliphatic heterocycles. The third-order valence-electron chi connectivity index (χ3n) is 6.10. The molecule has 5 rings (SSSR count). The van der Waals surface area contributed by atoms with Crippen molar-refractivity contribution in [2.45, 2.75) is 6.92 Å². The first-order valence-corrected chi connectivity index (χ1v) is 11.2. The lowest BCUT2D eigenvalue weighted by Crippen LogP contribution is -2.35. The van der Waals surface area contributed by atoms with Crippen LogP contribution in [0.15, 0.2) is 103 Å². The number of nitrogens with zero attached hydrogens (tertiary/aromatic N) is 2. The fraction of sp³-hybridized carbons (Fsp3) is 0.103. The van der Waals surface area contributed by atoms with Gasteiger partial charge in [-0.1, -0.05) is 72.8 Å². The first-order valence-electron chi connectivity index (χ1n) is 11.2. The van der Waals surface area contributed by atoms with E-state index in [0.29, 0.717) is 34.8 Å². The van der Waals surface area contributed by atoms with Gasteiger partial charge in [-0.15, -0.1) is 0 Å². The Balaban J connectivity index is 1.76. The van der Waals surface area contributed by atoms with Crippen molar-refractivity contribution in [1.82, 2.24) is 0 Å². The molecule has 0 aromatic heterocycles. The van der Waals surface area contributed by atoms with Crippen molar-refractivity contribution in [1.29, 1.82) is 0 Å². The number of imide groups is 1. The average molecular weight is 449 g/mol. The van der Waals surface area contributed by atoms with Crippen molar-refractivity contribution in [3.05, 3.63) is 108 Å². The van der Waals surface area contributed by atoms with Crippen LogP contribution in [-0.2, 0) is 9.59 Å². The number of likely N-dealkylation sites (N-methyl/N-ethyl adjacent to an activating group) is 1. The minimum atomic E-state index is -0.366. The lowest BCUT2D eigenvalue weighted by Gasteiger charge is -2.25. The van der Waals surface area contributed by atoms with E-state index in [9.17, 15) is 9.59 Å². The summed E-state index contributed by atoms with van der Waals surface area (Å²) < 4.78 is 5.59. The predicted molar refractivity (Wildman–Crippen MR) is 136 cm³/mol. The summed E-state index contributed by atoms with van der Waals surface area (Å²) in [5, 5.41) is 1.80. The molecule has 34 heavy (non-hydrogen) atoms. The second-order valence-electron chi connectivity index (χ2n) is 7.95. The lowest BCUT2D eigenvalue weighted by molar-refractivity contribution is -0.120. The smallest absolute Gasteiger partial charge is 0.282 e. The zero-order valence-corrected chi connectivity index (χ0v) is 19.1. The first kappa shape index (κ1) is 21.5. The topological polar surface area (TPSA) is 49.9 Å². The average Bonchev–Trinajstić information content (AvgIpc) is 3.14. The van der Waals surface area contributed by atoms with Crippen molar-refractivity contribution >= 4 is 39.5 Å². The molecule has 5 heteroatoms. The van der Waals surface area contributed by atoms with Crippen LogP contribution in [0.4, 0.5) is 11.4 Å². The second-order valence-corrected chi connectivity index (χ2v) is 7.95. The Morgan fingerprint density at radius 2 is 1.44 bits per heavy atom. The van der Waals surface area contributed by atoms with Crippen molar-refractivity contribution in [3.8, 4) is 5.75 Å². The van der Waals surface area contributed by atoms with Crippen LogP contribution < -0.4 is 14.5 Å². The summed E-state index contributed by atoms with van der Waals surface area (Å²) in [6.07, 6.45) is 0. The molecule has 0 fully saturated rings. The number of hydrogen-bond donors (Lipinski definition) is 0. The predicted octanol–water partition coefficient (Wildman–Crippen LogP) is 5.66. The highest BCUT2D eigenvalue weighted by molar-refractivity contribution is 6.47. The van der Waals surface area contributed by atoms with E-state index in [1.54, 1.807) is 13.2 Å². The molecule has 1 aliphatic rings. The summed E-state index contributed by atoms with van der Waals surface area (Å²) in [4.78, 5) is 31.3. The minimum absolute atomic E-state index is 0.334. The van der Waals surface area contributed by atoms with Gasteiger partial charge in [-0.3, -0.25) is 9.59 Å². The molecule has 0 spiro atoms. The first-order chi connectivity index (χ1) is 16.7. The van der Waals surface area contributed by atoms with Gasteiger partial charge in [-0.05, 0) is 36.6 Å². The third-order valence-corrected chi connectivity index (χ3v) is 6.10. The van der Waals surface area contributed by atoms with Crippen molar-refractivity contribution in [3.63, 3.8) is 0 Å². The lowest BCUT2D eigenvalue weighted by atomic mass is 10.0. The molecule has 4 aromatic rings. The summed E-state index contributed by atoms with van der Waals surface area (Å²) in [6, 6.07) is 30.4. The maximum atomic E-state index is 14.1. The highest BCUT2D eigenvalue weighted by Gasteiger charge is 2.43. The largest absolute Gasteiger partial charge is 0.496 e. The van der Waals surface area contributed by atoms with Gasteiger partial charge in [0.05, 0.1) is 18.4 Å². The Hall–Kier alpha value is -4.38. The Kier molecular flexibility index (Phi) is 5.60. The van der Waals surface area contributed by atoms with Gasteiger partial charge in [-0.25, -0.2) is 4.90 Å². The van der Waals surface area contributed by atoms with Gasteiger partial charge in [0.25, 0.3) is 11.8 Å². The number of fused-ring (bicyclic) bond motifs is 1. The quantitative estimate of drug-likeness (QED) is 0.357. The van der Waals surface area contributed by atoms with E-state index in [0.717, 1.165) is 16.5 Å². The molecule has 5 nitrogen and oxygen atoms in total. The summed E-state index contributed by atoms with van der Waals surface area (Å²) in [7, 11) is 1.57. The molecule has 2 amide bonds. The zero-order chi connectivity index (χ0) is 23.7. The Morgan fingerprint density at radius 3 is 2.21 bits per heavy atom. The molecule has 0 unspecified atom stereocenters. The van der Waals surface area contributed by atoms with Gasteiger partial charge in [-0.2, -0.15) is 0 Å². The van der Waals surface area contributed by atoms with Gasteiger partial charge < -0.3 is 9.64 Å². The molecular formula is C29H24N2O3. The van der Waals surface area contributed by atoms with Crippen LogP contribution in [0, 0.1) is 0 Å². The van der Waals surface area contributed by atoms with Gasteiger partial charge in [0.15, 0.2) is 0 Å². The van der Waals surface area contributed by atoms with Crippen LogP contribution in [0.5, 0.6) is 5.75 Å². The number of para-hydroxylation sites is 2. The molecule has 0 N–H and O–H groups in total. The highest BCUT2D eigenvalue weighted by atomic mass is 16.5. The summed E-state index contributed by atoms with van der Waals surface area (Å²) in [5.74, 6) is -0.178. The van der Waals surface area contributed by atoms with Crippen LogP contribution in [0.2, 0.25) is 0 Å². The van der Waals surface area contributed by atoms with Gasteiger partial charge in [0.1, 0.15) is 11.4 Å². The molecule has 168 valence electrons. The van der Waals surface area contributed by atoms with E-state index in [4.69, 9.17) is 4.74 Å². The SMILES string of the molecule is CCN(C1=C(c2ccccc2OC)C(=O)N(c2cccc3ccccc23)C1=O)c1ccccc1. The fourth-order valence-electron chi connectivity index (χ4n) is 4.56. The number of anilines is 2. The number of hydrogen-bond acceptors (Lipinski definition) is 4. The number of carbonyl (C=O) groups is 2. The van der Waals surface area contributed by atoms with E-state index < -0.39 is 0 Å². The molecule has 0 bridgehead atoms. The minimum Gasteiger partial charge on any atom is -0.496 e. The number of amides is 2. The Morgan fingerprint density at radius 1 is 0.765 bits per heavy atom. The number of carbonyl (C=O) groups excluding carboxylic acids is 2. The molecule has 0 saturated carbocycles. The summed E-state index contributed by atoms with van der Waals surface area (Å²) >= 11 is 0. The van der Waals surface area contributed by atoms with E-state index in [1.165, 1.54) is 4.90 Å². The fourth-order valence-corrected chi connectivity index (χ4v) is 4.56. The normalized spacial score (nSPS) is 13.6. The van der Waals surface area contributed by atoms with Gasteiger partial charge in [0.2, 0.25) is 0 Å². The highest BCUT2D eigenvalue weighted by Crippen LogP contribution is 2.41. The molecule has 0 aliphatic carbocycles. The van der Waals surface area contributed by atoms with Gasteiger partial charge >= 0.3 is 0 Å². The summed E-state index contributed by atoms with van der Waals surface area (Å²) in [5.41, 5.74) is 2.68. The van der Waals surface area contributed by atoms with Crippen LogP contribution in [0.3, 0.4) is 0 Å². The molecule has 0 saturated heterocycles. The maximum Gasteiger partial charge on any atom is 0.282 e. The molecule has 0 atom stereocenters. The van der Waals surface area contributed by atoms with Crippen LogP contribution >= 0.6 is 0 Å². The summed E-state index contributed by atoms with van der Waals surface area (Å²) in [6.45, 7) is 2.48. The van der Waals surface area contributed by atoms with Crippen molar-refractivity contribution < 1.29 is 14.3 Å². The zero-order valence-electron chi connectivity index (χ0n) is 19.1. The molecular weight excluding hydrogens is 424 g/mol. The Bertz CT molecular complexity index is 1420. The Labute approximate surface area is 198 Å². The van der Waals surface area contributed by atoms with E-state index in [1.807, 2.05) is 103 Å². The van der Waals surface area contributed by atoms with Crippen molar-refractivity contribution in [2.24, 2.45) is 0 Å². The molecule has 0 radical (unpaired) electrons. The number of methoxy groups -OCH3 is 1. The second kappa shape index (κ2) is 8.87. The number of ether oxygens (including phenoxy) is 1. The van der Waals surface area contributed by atoms with Crippen LogP contribution in [0.25, 0.3) is 16.3 Å². The van der Waals surface area contributed by atoms with Crippen LogP contribution in [0.1, 0.15) is 12.5 Å². The van der Waals surface area contributed by atoms with Gasteiger partial charge in [0, 0.05) is 23.2 Å². The van der Waals surface area contributed by atoms with E-state index >= 15 is 0 Å². The van der Waals surface area contributed by atoms with Crippen molar-refractivity contribution in [2.75, 3.05) is 23.5 Å². The van der Waals surface area contributed by atoms with Crippen LogP contribution in [-0.4, -0.2) is 25.5 Å². The van der Waals surface area contributed by atoms with E-state index in [2.05, 4.69) is 0 Å². The molecule has 4 aromatic carbocycles. The number of rotatable bonds is 6. The third kappa shape index (κ3) is 3.42. The maximum absolute atomic E-state index is 14.1. The number of benzene rings is 4. The van der Waals surface area contributed by atoms with E-state index in [-0.39, 0.29) is 11.8 Å². The monoisotopic (exact) mass is 448 g/mol.